The van der Waals surface area contributed by atoms with Crippen molar-refractivity contribution >= 4 is 5.78 Å². The Morgan fingerprint density at radius 1 is 1.60 bits per heavy atom. The number of methoxy groups -OCH3 is 1. The number of hydrogen-bond acceptors (Lipinski definition) is 2. The molecule has 0 amide bonds. The number of ketones is 1. The third-order valence-corrected chi connectivity index (χ3v) is 3.07. The molecular formula is C8H12O2. The number of carbonyl (C=O) groups excluding carboxylic acids is 1. The van der Waals surface area contributed by atoms with Gasteiger partial charge < -0.3 is 4.74 Å². The summed E-state index contributed by atoms with van der Waals surface area (Å²) in [7, 11) is 1.71. The molecule has 0 saturated heterocycles. The third-order valence-electron chi connectivity index (χ3n) is 3.07. The minimum absolute atomic E-state index is 0.00868. The Hall–Kier alpha value is -0.370. The Morgan fingerprint density at radius 2 is 2.30 bits per heavy atom. The fraction of sp³-hybridized carbons (Fsp3) is 0.875. The van der Waals surface area contributed by atoms with E-state index in [0.29, 0.717) is 12.2 Å². The Kier molecular flexibility index (Phi) is 1.15. The molecule has 2 saturated carbocycles. The summed E-state index contributed by atoms with van der Waals surface area (Å²) in [5.74, 6) is 0.436. The second-order valence-corrected chi connectivity index (χ2v) is 3.36. The normalized spacial score (nSPS) is 35.3. The molecule has 2 rings (SSSR count). The van der Waals surface area contributed by atoms with Crippen molar-refractivity contribution in [2.45, 2.75) is 31.8 Å². The van der Waals surface area contributed by atoms with Crippen LogP contribution in [0.25, 0.3) is 0 Å². The highest BCUT2D eigenvalue weighted by atomic mass is 16.5. The zero-order valence-electron chi connectivity index (χ0n) is 6.22. The molecule has 2 heteroatoms. The van der Waals surface area contributed by atoms with E-state index in [-0.39, 0.29) is 11.5 Å². The highest BCUT2D eigenvalue weighted by Crippen LogP contribution is 2.54. The zero-order valence-corrected chi connectivity index (χ0v) is 6.22. The quantitative estimate of drug-likeness (QED) is 0.546. The number of Topliss-reactive ketones (excluding diaryl/α,β-unsaturated/α-hetero) is 1. The maximum atomic E-state index is 11.1. The second kappa shape index (κ2) is 1.82. The topological polar surface area (TPSA) is 26.3 Å². The lowest BCUT2D eigenvalue weighted by Crippen LogP contribution is -2.58. The average Bonchev–Trinajstić information content (AvgIpc) is 1.78. The van der Waals surface area contributed by atoms with Crippen LogP contribution in [0.4, 0.5) is 0 Å². The van der Waals surface area contributed by atoms with Gasteiger partial charge >= 0.3 is 0 Å². The molecule has 0 aromatic carbocycles. The first-order valence-corrected chi connectivity index (χ1v) is 3.86. The molecule has 2 aliphatic rings. The van der Waals surface area contributed by atoms with Crippen molar-refractivity contribution in [1.29, 1.82) is 0 Å². The van der Waals surface area contributed by atoms with E-state index in [4.69, 9.17) is 4.74 Å². The van der Waals surface area contributed by atoms with Gasteiger partial charge in [0.05, 0.1) is 11.5 Å². The number of rotatable bonds is 1. The third kappa shape index (κ3) is 0.511. The molecule has 0 aromatic heterocycles. The maximum Gasteiger partial charge on any atom is 0.144 e. The van der Waals surface area contributed by atoms with Gasteiger partial charge in [0, 0.05) is 13.5 Å². The van der Waals surface area contributed by atoms with Crippen molar-refractivity contribution < 1.29 is 9.53 Å². The van der Waals surface area contributed by atoms with Gasteiger partial charge in [-0.15, -0.1) is 0 Å². The molecule has 2 nitrogen and oxygen atoms in total. The largest absolute Gasteiger partial charge is 0.380 e. The van der Waals surface area contributed by atoms with Crippen LogP contribution in [0.5, 0.6) is 0 Å². The summed E-state index contributed by atoms with van der Waals surface area (Å²) in [5.41, 5.74) is 0.00868. The van der Waals surface area contributed by atoms with Gasteiger partial charge in [-0.05, 0) is 12.8 Å². The minimum atomic E-state index is 0.00868. The standard InChI is InChI=1S/C8H12O2/c1-10-7-5-6(9)8(7)3-2-4-8/h7H,2-5H2,1H3. The van der Waals surface area contributed by atoms with Gasteiger partial charge in [0.15, 0.2) is 0 Å². The van der Waals surface area contributed by atoms with E-state index in [0.717, 1.165) is 12.8 Å². The molecule has 0 radical (unpaired) electrons. The summed E-state index contributed by atoms with van der Waals surface area (Å²) in [6.07, 6.45) is 4.28. The predicted molar refractivity (Wildman–Crippen MR) is 36.7 cm³/mol. The minimum Gasteiger partial charge on any atom is -0.380 e. The van der Waals surface area contributed by atoms with Crippen molar-refractivity contribution in [3.8, 4) is 0 Å². The van der Waals surface area contributed by atoms with E-state index in [9.17, 15) is 4.79 Å². The lowest BCUT2D eigenvalue weighted by atomic mass is 9.53. The first-order chi connectivity index (χ1) is 4.79. The maximum absolute atomic E-state index is 11.1. The van der Waals surface area contributed by atoms with Gasteiger partial charge in [-0.1, -0.05) is 6.42 Å². The number of carbonyl (C=O) groups is 1. The smallest absolute Gasteiger partial charge is 0.144 e. The predicted octanol–water partition coefficient (Wildman–Crippen LogP) is 1.14. The van der Waals surface area contributed by atoms with Crippen LogP contribution in [0.15, 0.2) is 0 Å². The Morgan fingerprint density at radius 3 is 2.50 bits per heavy atom. The van der Waals surface area contributed by atoms with Crippen LogP contribution in [0, 0.1) is 5.41 Å². The SMILES string of the molecule is COC1CC(=O)C12CCC2. The molecule has 56 valence electrons. The molecule has 0 N–H and O–H groups in total. The highest BCUT2D eigenvalue weighted by Gasteiger charge is 2.58. The van der Waals surface area contributed by atoms with Crippen LogP contribution in [0.2, 0.25) is 0 Å². The molecule has 0 bridgehead atoms. The molecule has 0 aromatic rings. The summed E-state index contributed by atoms with van der Waals surface area (Å²) < 4.78 is 5.19. The van der Waals surface area contributed by atoms with Gasteiger partial charge in [-0.25, -0.2) is 0 Å². The molecule has 1 unspecified atom stereocenters. The molecule has 10 heavy (non-hydrogen) atoms. The number of hydrogen-bond donors (Lipinski definition) is 0. The van der Waals surface area contributed by atoms with E-state index in [1.165, 1.54) is 6.42 Å². The van der Waals surface area contributed by atoms with E-state index >= 15 is 0 Å². The Bertz CT molecular complexity index is 170. The first-order valence-electron chi connectivity index (χ1n) is 3.86. The van der Waals surface area contributed by atoms with Gasteiger partial charge in [0.1, 0.15) is 5.78 Å². The van der Waals surface area contributed by atoms with E-state index in [1.54, 1.807) is 7.11 Å². The fourth-order valence-corrected chi connectivity index (χ4v) is 2.08. The molecule has 2 aliphatic carbocycles. The van der Waals surface area contributed by atoms with Crippen molar-refractivity contribution in [3.05, 3.63) is 0 Å². The van der Waals surface area contributed by atoms with Crippen molar-refractivity contribution in [2.24, 2.45) is 5.41 Å². The van der Waals surface area contributed by atoms with Crippen LogP contribution in [0.1, 0.15) is 25.7 Å². The van der Waals surface area contributed by atoms with E-state index in [2.05, 4.69) is 0 Å². The van der Waals surface area contributed by atoms with Crippen LogP contribution >= 0.6 is 0 Å². The zero-order chi connectivity index (χ0) is 7.19. The lowest BCUT2D eigenvalue weighted by molar-refractivity contribution is -0.172. The highest BCUT2D eigenvalue weighted by molar-refractivity contribution is 5.93. The molecule has 0 heterocycles. The Labute approximate surface area is 60.6 Å². The van der Waals surface area contributed by atoms with Crippen molar-refractivity contribution in [2.75, 3.05) is 7.11 Å². The summed E-state index contributed by atoms with van der Waals surface area (Å²) in [6, 6.07) is 0. The lowest BCUT2D eigenvalue weighted by Gasteiger charge is -2.52. The van der Waals surface area contributed by atoms with E-state index < -0.39 is 0 Å². The monoisotopic (exact) mass is 140 g/mol. The molecule has 1 atom stereocenters. The molecule has 1 spiro atoms. The summed E-state index contributed by atoms with van der Waals surface area (Å²) in [6.45, 7) is 0. The molecule has 2 fully saturated rings. The van der Waals surface area contributed by atoms with Gasteiger partial charge in [0.2, 0.25) is 0 Å². The summed E-state index contributed by atoms with van der Waals surface area (Å²) in [5, 5.41) is 0. The van der Waals surface area contributed by atoms with E-state index in [1.807, 2.05) is 0 Å². The van der Waals surface area contributed by atoms with Crippen molar-refractivity contribution in [3.63, 3.8) is 0 Å². The van der Waals surface area contributed by atoms with Gasteiger partial charge in [-0.2, -0.15) is 0 Å². The Balaban J connectivity index is 2.10. The average molecular weight is 140 g/mol. The van der Waals surface area contributed by atoms with Crippen LogP contribution in [-0.2, 0) is 9.53 Å². The molecular weight excluding hydrogens is 128 g/mol. The van der Waals surface area contributed by atoms with Crippen LogP contribution < -0.4 is 0 Å². The summed E-state index contributed by atoms with van der Waals surface area (Å²) >= 11 is 0. The number of ether oxygens (including phenoxy) is 1. The summed E-state index contributed by atoms with van der Waals surface area (Å²) in [4.78, 5) is 11.1. The van der Waals surface area contributed by atoms with Crippen molar-refractivity contribution in [1.82, 2.24) is 0 Å². The van der Waals surface area contributed by atoms with Crippen LogP contribution in [0.3, 0.4) is 0 Å². The first kappa shape index (κ1) is 6.35. The van der Waals surface area contributed by atoms with Crippen LogP contribution in [-0.4, -0.2) is 19.0 Å². The van der Waals surface area contributed by atoms with Gasteiger partial charge in [-0.3, -0.25) is 4.79 Å². The second-order valence-electron chi connectivity index (χ2n) is 3.36. The fourth-order valence-electron chi connectivity index (χ4n) is 2.08. The van der Waals surface area contributed by atoms with Gasteiger partial charge in [0.25, 0.3) is 0 Å². The molecule has 0 aliphatic heterocycles.